The maximum atomic E-state index is 9.61. The number of aryl methyl sites for hydroxylation is 1. The molecule has 1 nitrogen and oxygen atoms in total. The average Bonchev–Trinajstić information content (AvgIpc) is 1.86. The number of hydrogen-bond acceptors (Lipinski definition) is 1. The first-order valence-corrected chi connectivity index (χ1v) is 3.79. The number of benzene rings is 1. The van der Waals surface area contributed by atoms with Crippen molar-refractivity contribution in [2.45, 2.75) is 26.4 Å². The molecule has 0 unspecified atom stereocenters. The van der Waals surface area contributed by atoms with Gasteiger partial charge in [-0.2, -0.15) is 0 Å². The Labute approximate surface area is 67.7 Å². The molecule has 1 aromatic rings. The van der Waals surface area contributed by atoms with Gasteiger partial charge in [0.15, 0.2) is 0 Å². The van der Waals surface area contributed by atoms with Crippen molar-refractivity contribution in [2.75, 3.05) is 0 Å². The van der Waals surface area contributed by atoms with E-state index in [-0.39, 0.29) is 0 Å². The molecule has 0 heterocycles. The molecule has 60 valence electrons. The maximum absolute atomic E-state index is 9.61. The largest absolute Gasteiger partial charge is 0.386 e. The van der Waals surface area contributed by atoms with E-state index in [9.17, 15) is 5.11 Å². The highest BCUT2D eigenvalue weighted by molar-refractivity contribution is 5.26. The van der Waals surface area contributed by atoms with Crippen molar-refractivity contribution in [1.82, 2.24) is 0 Å². The van der Waals surface area contributed by atoms with E-state index in [1.165, 1.54) is 5.56 Å². The smallest absolute Gasteiger partial charge is 0.0840 e. The van der Waals surface area contributed by atoms with Gasteiger partial charge in [-0.25, -0.2) is 0 Å². The number of aliphatic hydroxyl groups is 1. The second kappa shape index (κ2) is 2.67. The molecule has 0 aliphatic heterocycles. The van der Waals surface area contributed by atoms with Gasteiger partial charge >= 0.3 is 0 Å². The summed E-state index contributed by atoms with van der Waals surface area (Å²) in [6.45, 7) is 5.61. The van der Waals surface area contributed by atoms with Gasteiger partial charge in [-0.3, -0.25) is 0 Å². The fraction of sp³-hybridized carbons (Fsp3) is 0.400. The summed E-state index contributed by atoms with van der Waals surface area (Å²) in [5, 5.41) is 9.61. The van der Waals surface area contributed by atoms with Crippen molar-refractivity contribution in [3.05, 3.63) is 35.4 Å². The third-order valence-electron chi connectivity index (χ3n) is 1.72. The van der Waals surface area contributed by atoms with E-state index in [0.717, 1.165) is 5.56 Å². The fourth-order valence-electron chi connectivity index (χ4n) is 1.03. The summed E-state index contributed by atoms with van der Waals surface area (Å²) in [4.78, 5) is 0. The highest BCUT2D eigenvalue weighted by Gasteiger charge is 2.14. The second-order valence-electron chi connectivity index (χ2n) is 3.43. The molecule has 1 aromatic carbocycles. The fourth-order valence-corrected chi connectivity index (χ4v) is 1.03. The summed E-state index contributed by atoms with van der Waals surface area (Å²) in [7, 11) is 0. The lowest BCUT2D eigenvalue weighted by molar-refractivity contribution is 0.0785. The van der Waals surface area contributed by atoms with Gasteiger partial charge in [-0.1, -0.05) is 29.8 Å². The molecule has 11 heavy (non-hydrogen) atoms. The van der Waals surface area contributed by atoms with Crippen LogP contribution in [0.25, 0.3) is 0 Å². The summed E-state index contributed by atoms with van der Waals surface area (Å²) in [5.74, 6) is 0. The predicted octanol–water partition coefficient (Wildman–Crippen LogP) is 2.22. The van der Waals surface area contributed by atoms with Crippen molar-refractivity contribution < 1.29 is 5.11 Å². The third kappa shape index (κ3) is 2.05. The van der Waals surface area contributed by atoms with Crippen LogP contribution in [-0.2, 0) is 5.60 Å². The minimum absolute atomic E-state index is 0.716. The molecule has 0 bridgehead atoms. The number of hydrogen-bond donors (Lipinski definition) is 1. The minimum atomic E-state index is -0.716. The Bertz CT molecular complexity index is 245. The van der Waals surface area contributed by atoms with E-state index in [2.05, 4.69) is 0 Å². The van der Waals surface area contributed by atoms with E-state index >= 15 is 0 Å². The molecule has 1 heteroatoms. The topological polar surface area (TPSA) is 20.2 Å². The summed E-state index contributed by atoms with van der Waals surface area (Å²) < 4.78 is 0. The molecule has 0 aromatic heterocycles. The molecular weight excluding hydrogens is 136 g/mol. The SMILES string of the molecule is Cc1cccc(C(C)(C)O)c1. The standard InChI is InChI=1S/C10H14O/c1-8-5-4-6-9(7-8)10(2,3)11/h4-7,11H,1-3H3. The molecule has 0 atom stereocenters. The van der Waals surface area contributed by atoms with Gasteiger partial charge < -0.3 is 5.11 Å². The molecule has 0 radical (unpaired) electrons. The quantitative estimate of drug-likeness (QED) is 0.650. The highest BCUT2D eigenvalue weighted by atomic mass is 16.3. The van der Waals surface area contributed by atoms with Gasteiger partial charge in [0.2, 0.25) is 0 Å². The van der Waals surface area contributed by atoms with Crippen LogP contribution in [0.5, 0.6) is 0 Å². The summed E-state index contributed by atoms with van der Waals surface area (Å²) in [6, 6.07) is 7.92. The van der Waals surface area contributed by atoms with Crippen LogP contribution in [0.4, 0.5) is 0 Å². The van der Waals surface area contributed by atoms with Crippen molar-refractivity contribution >= 4 is 0 Å². The molecule has 0 aliphatic rings. The first-order valence-electron chi connectivity index (χ1n) is 3.79. The Hall–Kier alpha value is -0.820. The molecular formula is C10H14O. The van der Waals surface area contributed by atoms with Gasteiger partial charge in [0.1, 0.15) is 0 Å². The molecule has 0 fully saturated rings. The Morgan fingerprint density at radius 2 is 1.91 bits per heavy atom. The van der Waals surface area contributed by atoms with Crippen LogP contribution >= 0.6 is 0 Å². The molecule has 1 rings (SSSR count). The molecule has 0 saturated heterocycles. The first kappa shape index (κ1) is 8.28. The predicted molar refractivity (Wildman–Crippen MR) is 46.4 cm³/mol. The van der Waals surface area contributed by atoms with E-state index in [1.807, 2.05) is 31.2 Å². The van der Waals surface area contributed by atoms with Crippen molar-refractivity contribution in [3.8, 4) is 0 Å². The van der Waals surface area contributed by atoms with Crippen LogP contribution in [0, 0.1) is 6.92 Å². The lowest BCUT2D eigenvalue weighted by Crippen LogP contribution is -2.15. The van der Waals surface area contributed by atoms with Crippen LogP contribution in [0.1, 0.15) is 25.0 Å². The van der Waals surface area contributed by atoms with Crippen LogP contribution in [0.15, 0.2) is 24.3 Å². The molecule has 0 saturated carbocycles. The summed E-state index contributed by atoms with van der Waals surface area (Å²) in [6.07, 6.45) is 0. The Kier molecular flexibility index (Phi) is 2.01. The Morgan fingerprint density at radius 3 is 2.27 bits per heavy atom. The molecule has 1 N–H and O–H groups in total. The van der Waals surface area contributed by atoms with Gasteiger partial charge in [-0.15, -0.1) is 0 Å². The average molecular weight is 150 g/mol. The Balaban J connectivity index is 3.06. The van der Waals surface area contributed by atoms with Gasteiger partial charge in [0, 0.05) is 0 Å². The monoisotopic (exact) mass is 150 g/mol. The van der Waals surface area contributed by atoms with Crippen molar-refractivity contribution in [1.29, 1.82) is 0 Å². The lowest BCUT2D eigenvalue weighted by Gasteiger charge is -2.17. The van der Waals surface area contributed by atoms with Crippen LogP contribution in [0.3, 0.4) is 0 Å². The zero-order chi connectivity index (χ0) is 8.48. The van der Waals surface area contributed by atoms with E-state index < -0.39 is 5.60 Å². The normalized spacial score (nSPS) is 11.6. The summed E-state index contributed by atoms with van der Waals surface area (Å²) in [5.41, 5.74) is 1.44. The van der Waals surface area contributed by atoms with Gasteiger partial charge in [0.05, 0.1) is 5.60 Å². The van der Waals surface area contributed by atoms with Crippen molar-refractivity contribution in [3.63, 3.8) is 0 Å². The van der Waals surface area contributed by atoms with Crippen molar-refractivity contribution in [2.24, 2.45) is 0 Å². The minimum Gasteiger partial charge on any atom is -0.386 e. The van der Waals surface area contributed by atoms with E-state index in [4.69, 9.17) is 0 Å². The lowest BCUT2D eigenvalue weighted by atomic mass is 9.97. The highest BCUT2D eigenvalue weighted by Crippen LogP contribution is 2.19. The van der Waals surface area contributed by atoms with Crippen LogP contribution < -0.4 is 0 Å². The van der Waals surface area contributed by atoms with E-state index in [1.54, 1.807) is 13.8 Å². The first-order chi connectivity index (χ1) is 5.00. The molecule has 0 spiro atoms. The van der Waals surface area contributed by atoms with Crippen LogP contribution in [0.2, 0.25) is 0 Å². The maximum Gasteiger partial charge on any atom is 0.0840 e. The van der Waals surface area contributed by atoms with Gasteiger partial charge in [0.25, 0.3) is 0 Å². The number of rotatable bonds is 1. The third-order valence-corrected chi connectivity index (χ3v) is 1.72. The van der Waals surface area contributed by atoms with Gasteiger partial charge in [-0.05, 0) is 26.3 Å². The van der Waals surface area contributed by atoms with E-state index in [0.29, 0.717) is 0 Å². The molecule has 0 aliphatic carbocycles. The zero-order valence-corrected chi connectivity index (χ0v) is 7.26. The zero-order valence-electron chi connectivity index (χ0n) is 7.26. The second-order valence-corrected chi connectivity index (χ2v) is 3.43. The van der Waals surface area contributed by atoms with Crippen LogP contribution in [-0.4, -0.2) is 5.11 Å². The summed E-state index contributed by atoms with van der Waals surface area (Å²) >= 11 is 0. The molecule has 0 amide bonds. The Morgan fingerprint density at radius 1 is 1.27 bits per heavy atom.